The van der Waals surface area contributed by atoms with Crippen LogP contribution in [0.15, 0.2) is 59.5 Å². The Kier molecular flexibility index (Phi) is 4.58. The molecule has 1 amide bonds. The van der Waals surface area contributed by atoms with E-state index in [4.69, 9.17) is 0 Å². The summed E-state index contributed by atoms with van der Waals surface area (Å²) < 4.78 is 1.68. The number of amides is 1. The van der Waals surface area contributed by atoms with E-state index in [1.807, 2.05) is 48.7 Å². The standard InChI is InChI=1S/C16H15N5OS/c1-12(19-20-16(22)9-15-3-2-8-23-15)13-4-6-14(7-5-13)21-11-17-10-18-21/h2-8,10-11H,9H2,1H3,(H,20,22)/b19-12+. The molecule has 1 N–H and O–H groups in total. The van der Waals surface area contributed by atoms with Crippen LogP contribution in [0, 0.1) is 0 Å². The monoisotopic (exact) mass is 325 g/mol. The third-order valence-electron chi connectivity index (χ3n) is 3.23. The van der Waals surface area contributed by atoms with Crippen molar-refractivity contribution in [1.29, 1.82) is 0 Å². The molecule has 116 valence electrons. The Labute approximate surface area is 137 Å². The zero-order valence-corrected chi connectivity index (χ0v) is 13.3. The molecule has 0 unspecified atom stereocenters. The van der Waals surface area contributed by atoms with Crippen LogP contribution in [-0.2, 0) is 11.2 Å². The Balaban J connectivity index is 1.63. The molecule has 0 atom stereocenters. The molecule has 0 saturated carbocycles. The van der Waals surface area contributed by atoms with E-state index in [0.717, 1.165) is 21.8 Å². The van der Waals surface area contributed by atoms with Gasteiger partial charge in [0.1, 0.15) is 12.7 Å². The van der Waals surface area contributed by atoms with Gasteiger partial charge in [-0.05, 0) is 36.1 Å². The molecule has 3 rings (SSSR count). The number of hydrazone groups is 1. The summed E-state index contributed by atoms with van der Waals surface area (Å²) in [6, 6.07) is 11.6. The highest BCUT2D eigenvalue weighted by molar-refractivity contribution is 7.10. The van der Waals surface area contributed by atoms with Gasteiger partial charge in [-0.15, -0.1) is 11.3 Å². The van der Waals surface area contributed by atoms with E-state index < -0.39 is 0 Å². The molecular formula is C16H15N5OS. The lowest BCUT2D eigenvalue weighted by atomic mass is 10.1. The van der Waals surface area contributed by atoms with Crippen molar-refractivity contribution in [3.05, 3.63) is 64.9 Å². The van der Waals surface area contributed by atoms with Gasteiger partial charge in [-0.2, -0.15) is 10.2 Å². The van der Waals surface area contributed by atoms with E-state index in [2.05, 4.69) is 20.6 Å². The van der Waals surface area contributed by atoms with Crippen LogP contribution in [0.1, 0.15) is 17.4 Å². The average Bonchev–Trinajstić information content (AvgIpc) is 3.26. The Bertz CT molecular complexity index is 792. The van der Waals surface area contributed by atoms with Crippen LogP contribution in [-0.4, -0.2) is 26.4 Å². The summed E-state index contributed by atoms with van der Waals surface area (Å²) in [6.07, 6.45) is 3.48. The Hall–Kier alpha value is -2.80. The normalized spacial score (nSPS) is 11.4. The van der Waals surface area contributed by atoms with Gasteiger partial charge < -0.3 is 0 Å². The lowest BCUT2D eigenvalue weighted by Gasteiger charge is -2.04. The number of nitrogens with one attached hydrogen (secondary N) is 1. The molecule has 0 aliphatic heterocycles. The largest absolute Gasteiger partial charge is 0.273 e. The van der Waals surface area contributed by atoms with Gasteiger partial charge >= 0.3 is 0 Å². The average molecular weight is 325 g/mol. The number of thiophene rings is 1. The van der Waals surface area contributed by atoms with Gasteiger partial charge in [-0.3, -0.25) is 4.79 Å². The lowest BCUT2D eigenvalue weighted by Crippen LogP contribution is -2.20. The van der Waals surface area contributed by atoms with Gasteiger partial charge in [0.15, 0.2) is 0 Å². The highest BCUT2D eigenvalue weighted by Gasteiger charge is 2.04. The van der Waals surface area contributed by atoms with Crippen molar-refractivity contribution in [2.24, 2.45) is 5.10 Å². The van der Waals surface area contributed by atoms with E-state index in [1.165, 1.54) is 6.33 Å². The summed E-state index contributed by atoms with van der Waals surface area (Å²) in [4.78, 5) is 16.8. The van der Waals surface area contributed by atoms with E-state index >= 15 is 0 Å². The molecule has 6 nitrogen and oxygen atoms in total. The van der Waals surface area contributed by atoms with Gasteiger partial charge in [-0.1, -0.05) is 18.2 Å². The molecule has 3 aromatic rings. The smallest absolute Gasteiger partial charge is 0.245 e. The number of carbonyl (C=O) groups is 1. The van der Waals surface area contributed by atoms with Gasteiger partial charge in [0.25, 0.3) is 0 Å². The molecular weight excluding hydrogens is 310 g/mol. The second-order valence-electron chi connectivity index (χ2n) is 4.88. The molecule has 2 aromatic heterocycles. The van der Waals surface area contributed by atoms with Gasteiger partial charge in [0.05, 0.1) is 17.8 Å². The van der Waals surface area contributed by atoms with Crippen molar-refractivity contribution in [2.75, 3.05) is 0 Å². The first kappa shape index (κ1) is 15.1. The number of carbonyl (C=O) groups excluding carboxylic acids is 1. The minimum Gasteiger partial charge on any atom is -0.273 e. The molecule has 23 heavy (non-hydrogen) atoms. The van der Waals surface area contributed by atoms with Crippen molar-refractivity contribution >= 4 is 23.0 Å². The number of hydrogen-bond donors (Lipinski definition) is 1. The molecule has 0 saturated heterocycles. The summed E-state index contributed by atoms with van der Waals surface area (Å²) in [5.74, 6) is -0.119. The Morgan fingerprint density at radius 1 is 1.30 bits per heavy atom. The molecule has 2 heterocycles. The number of aromatic nitrogens is 3. The second kappa shape index (κ2) is 6.97. The van der Waals surface area contributed by atoms with Crippen LogP contribution in [0.2, 0.25) is 0 Å². The maximum Gasteiger partial charge on any atom is 0.245 e. The number of benzene rings is 1. The van der Waals surface area contributed by atoms with Crippen molar-refractivity contribution in [1.82, 2.24) is 20.2 Å². The van der Waals surface area contributed by atoms with E-state index in [9.17, 15) is 4.79 Å². The fourth-order valence-corrected chi connectivity index (χ4v) is 2.72. The first-order chi connectivity index (χ1) is 11.2. The van der Waals surface area contributed by atoms with Crippen molar-refractivity contribution < 1.29 is 4.79 Å². The lowest BCUT2D eigenvalue weighted by molar-refractivity contribution is -0.120. The summed E-state index contributed by atoms with van der Waals surface area (Å²) in [5, 5.41) is 10.2. The van der Waals surface area contributed by atoms with Crippen LogP contribution in [0.5, 0.6) is 0 Å². The minimum absolute atomic E-state index is 0.119. The van der Waals surface area contributed by atoms with Crippen LogP contribution < -0.4 is 5.43 Å². The number of rotatable bonds is 5. The van der Waals surface area contributed by atoms with E-state index in [0.29, 0.717) is 6.42 Å². The van der Waals surface area contributed by atoms with Gasteiger partial charge in [0, 0.05) is 4.88 Å². The predicted molar refractivity (Wildman–Crippen MR) is 89.7 cm³/mol. The Morgan fingerprint density at radius 2 is 2.13 bits per heavy atom. The fourth-order valence-electron chi connectivity index (χ4n) is 2.02. The van der Waals surface area contributed by atoms with E-state index in [1.54, 1.807) is 22.3 Å². The third-order valence-corrected chi connectivity index (χ3v) is 4.11. The van der Waals surface area contributed by atoms with Crippen molar-refractivity contribution in [3.63, 3.8) is 0 Å². The predicted octanol–water partition coefficient (Wildman–Crippen LogP) is 2.41. The number of hydrogen-bond acceptors (Lipinski definition) is 5. The molecule has 0 bridgehead atoms. The van der Waals surface area contributed by atoms with Crippen LogP contribution in [0.4, 0.5) is 0 Å². The van der Waals surface area contributed by atoms with Crippen LogP contribution in [0.25, 0.3) is 5.69 Å². The first-order valence-corrected chi connectivity index (χ1v) is 7.91. The molecule has 0 spiro atoms. The van der Waals surface area contributed by atoms with Crippen LogP contribution >= 0.6 is 11.3 Å². The quantitative estimate of drug-likeness (QED) is 0.578. The second-order valence-corrected chi connectivity index (χ2v) is 5.91. The molecule has 0 radical (unpaired) electrons. The molecule has 1 aromatic carbocycles. The van der Waals surface area contributed by atoms with Gasteiger partial charge in [0.2, 0.25) is 5.91 Å². The number of nitrogens with zero attached hydrogens (tertiary/aromatic N) is 4. The zero-order chi connectivity index (χ0) is 16.1. The molecule has 7 heteroatoms. The highest BCUT2D eigenvalue weighted by atomic mass is 32.1. The minimum atomic E-state index is -0.119. The summed E-state index contributed by atoms with van der Waals surface area (Å²) in [6.45, 7) is 1.86. The molecule has 0 fully saturated rings. The van der Waals surface area contributed by atoms with Gasteiger partial charge in [-0.25, -0.2) is 15.1 Å². The third kappa shape index (κ3) is 3.89. The molecule has 0 aliphatic rings. The maximum atomic E-state index is 11.8. The summed E-state index contributed by atoms with van der Waals surface area (Å²) in [7, 11) is 0. The summed E-state index contributed by atoms with van der Waals surface area (Å²) >= 11 is 1.56. The maximum absolute atomic E-state index is 11.8. The van der Waals surface area contributed by atoms with E-state index in [-0.39, 0.29) is 5.91 Å². The zero-order valence-electron chi connectivity index (χ0n) is 12.5. The SMILES string of the molecule is C/C(=N\NC(=O)Cc1cccs1)c1ccc(-n2cncn2)cc1. The topological polar surface area (TPSA) is 72.2 Å². The Morgan fingerprint density at radius 3 is 2.78 bits per heavy atom. The van der Waals surface area contributed by atoms with Crippen molar-refractivity contribution in [2.45, 2.75) is 13.3 Å². The van der Waals surface area contributed by atoms with Crippen LogP contribution in [0.3, 0.4) is 0 Å². The molecule has 0 aliphatic carbocycles. The highest BCUT2D eigenvalue weighted by Crippen LogP contribution is 2.10. The fraction of sp³-hybridized carbons (Fsp3) is 0.125. The summed E-state index contributed by atoms with van der Waals surface area (Å²) in [5.41, 5.74) is 5.19. The first-order valence-electron chi connectivity index (χ1n) is 7.03. The van der Waals surface area contributed by atoms with Crippen molar-refractivity contribution in [3.8, 4) is 5.69 Å².